The molecule has 0 bridgehead atoms. The molecule has 0 aliphatic carbocycles. The minimum absolute atomic E-state index is 0.365. The highest BCUT2D eigenvalue weighted by molar-refractivity contribution is 4.62. The van der Waals surface area contributed by atoms with Gasteiger partial charge in [-0.15, -0.1) is 0 Å². The summed E-state index contributed by atoms with van der Waals surface area (Å²) >= 11 is 0. The van der Waals surface area contributed by atoms with E-state index in [-0.39, 0.29) is 0 Å². The van der Waals surface area contributed by atoms with Crippen molar-refractivity contribution in [1.29, 1.82) is 0 Å². The van der Waals surface area contributed by atoms with Crippen LogP contribution >= 0.6 is 0 Å². The highest BCUT2D eigenvalue weighted by atomic mass is 16.5. The SMILES string of the molecule is CCCCCCCCCCNC1CCCO1. The zero-order valence-electron chi connectivity index (χ0n) is 11.0. The maximum Gasteiger partial charge on any atom is 0.108 e. The number of rotatable bonds is 10. The first kappa shape index (κ1) is 14.0. The number of nitrogens with one attached hydrogen (secondary N) is 1. The van der Waals surface area contributed by atoms with Crippen LogP contribution in [0.2, 0.25) is 0 Å². The molecule has 1 N–H and O–H groups in total. The molecule has 0 saturated carbocycles. The predicted molar refractivity (Wildman–Crippen MR) is 69.6 cm³/mol. The van der Waals surface area contributed by atoms with Crippen molar-refractivity contribution in [1.82, 2.24) is 5.32 Å². The smallest absolute Gasteiger partial charge is 0.108 e. The molecule has 0 aromatic carbocycles. The van der Waals surface area contributed by atoms with Gasteiger partial charge >= 0.3 is 0 Å². The molecule has 1 rings (SSSR count). The van der Waals surface area contributed by atoms with Gasteiger partial charge < -0.3 is 4.74 Å². The van der Waals surface area contributed by atoms with Gasteiger partial charge in [0, 0.05) is 6.61 Å². The molecule has 1 unspecified atom stereocenters. The molecule has 0 radical (unpaired) electrons. The summed E-state index contributed by atoms with van der Waals surface area (Å²) < 4.78 is 5.51. The van der Waals surface area contributed by atoms with Gasteiger partial charge in [0.1, 0.15) is 6.23 Å². The van der Waals surface area contributed by atoms with E-state index in [4.69, 9.17) is 4.74 Å². The van der Waals surface area contributed by atoms with Crippen molar-refractivity contribution >= 4 is 0 Å². The third kappa shape index (κ3) is 7.24. The van der Waals surface area contributed by atoms with Crippen LogP contribution in [0.4, 0.5) is 0 Å². The average Bonchev–Trinajstić information content (AvgIpc) is 2.80. The van der Waals surface area contributed by atoms with Crippen LogP contribution in [-0.2, 0) is 4.74 Å². The van der Waals surface area contributed by atoms with Crippen LogP contribution in [-0.4, -0.2) is 19.4 Å². The Hall–Kier alpha value is -0.0800. The lowest BCUT2D eigenvalue weighted by atomic mass is 10.1. The Morgan fingerprint density at radius 1 is 1.00 bits per heavy atom. The van der Waals surface area contributed by atoms with Gasteiger partial charge in [0.05, 0.1) is 0 Å². The molecule has 16 heavy (non-hydrogen) atoms. The van der Waals surface area contributed by atoms with Gasteiger partial charge in [-0.05, 0) is 25.8 Å². The fraction of sp³-hybridized carbons (Fsp3) is 1.00. The molecule has 0 spiro atoms. The van der Waals surface area contributed by atoms with Crippen LogP contribution in [0.15, 0.2) is 0 Å². The van der Waals surface area contributed by atoms with Crippen molar-refractivity contribution in [3.8, 4) is 0 Å². The highest BCUT2D eigenvalue weighted by Crippen LogP contribution is 2.10. The van der Waals surface area contributed by atoms with E-state index in [1.54, 1.807) is 0 Å². The minimum atomic E-state index is 0.365. The van der Waals surface area contributed by atoms with Gasteiger partial charge in [0.25, 0.3) is 0 Å². The average molecular weight is 227 g/mol. The Morgan fingerprint density at radius 2 is 1.69 bits per heavy atom. The van der Waals surface area contributed by atoms with Crippen molar-refractivity contribution in [2.45, 2.75) is 77.4 Å². The van der Waals surface area contributed by atoms with Gasteiger partial charge in [-0.2, -0.15) is 0 Å². The summed E-state index contributed by atoms with van der Waals surface area (Å²) in [6, 6.07) is 0. The summed E-state index contributed by atoms with van der Waals surface area (Å²) in [4.78, 5) is 0. The summed E-state index contributed by atoms with van der Waals surface area (Å²) in [5, 5.41) is 3.47. The van der Waals surface area contributed by atoms with Gasteiger partial charge in [0.15, 0.2) is 0 Å². The standard InChI is InChI=1S/C14H29NO/c1-2-3-4-5-6-7-8-9-12-15-14-11-10-13-16-14/h14-15H,2-13H2,1H3. The summed E-state index contributed by atoms with van der Waals surface area (Å²) in [5.74, 6) is 0. The van der Waals surface area contributed by atoms with Crippen molar-refractivity contribution in [3.63, 3.8) is 0 Å². The maximum absolute atomic E-state index is 5.51. The fourth-order valence-corrected chi connectivity index (χ4v) is 2.26. The first-order valence-electron chi connectivity index (χ1n) is 7.28. The number of ether oxygens (including phenoxy) is 1. The van der Waals surface area contributed by atoms with E-state index in [0.717, 1.165) is 13.2 Å². The Bertz CT molecular complexity index is 144. The molecular formula is C14H29NO. The van der Waals surface area contributed by atoms with E-state index in [0.29, 0.717) is 6.23 Å². The normalized spacial score (nSPS) is 20.4. The second kappa shape index (κ2) is 10.1. The van der Waals surface area contributed by atoms with Crippen molar-refractivity contribution in [3.05, 3.63) is 0 Å². The molecule has 1 fully saturated rings. The minimum Gasteiger partial charge on any atom is -0.363 e. The van der Waals surface area contributed by atoms with Crippen molar-refractivity contribution in [2.24, 2.45) is 0 Å². The van der Waals surface area contributed by atoms with Gasteiger partial charge in [0.2, 0.25) is 0 Å². The Balaban J connectivity index is 1.71. The Kier molecular flexibility index (Phi) is 8.83. The lowest BCUT2D eigenvalue weighted by Crippen LogP contribution is -2.28. The van der Waals surface area contributed by atoms with E-state index in [1.165, 1.54) is 64.2 Å². The fourth-order valence-electron chi connectivity index (χ4n) is 2.26. The zero-order chi connectivity index (χ0) is 11.5. The molecule has 2 heteroatoms. The van der Waals surface area contributed by atoms with Crippen LogP contribution in [0.3, 0.4) is 0 Å². The van der Waals surface area contributed by atoms with Gasteiger partial charge in [-0.25, -0.2) is 0 Å². The van der Waals surface area contributed by atoms with Crippen molar-refractivity contribution in [2.75, 3.05) is 13.2 Å². The third-order valence-corrected chi connectivity index (χ3v) is 3.33. The quantitative estimate of drug-likeness (QED) is 0.572. The molecule has 0 aromatic heterocycles. The first-order valence-corrected chi connectivity index (χ1v) is 7.28. The van der Waals surface area contributed by atoms with E-state index in [1.807, 2.05) is 0 Å². The van der Waals surface area contributed by atoms with Crippen LogP contribution in [0.25, 0.3) is 0 Å². The van der Waals surface area contributed by atoms with Crippen LogP contribution in [0, 0.1) is 0 Å². The molecule has 0 aromatic rings. The summed E-state index contributed by atoms with van der Waals surface area (Å²) in [5.41, 5.74) is 0. The lowest BCUT2D eigenvalue weighted by Gasteiger charge is -2.11. The molecule has 1 heterocycles. The lowest BCUT2D eigenvalue weighted by molar-refractivity contribution is 0.0840. The molecule has 1 atom stereocenters. The molecule has 96 valence electrons. The number of hydrogen-bond acceptors (Lipinski definition) is 2. The molecule has 1 saturated heterocycles. The van der Waals surface area contributed by atoms with Crippen LogP contribution in [0.5, 0.6) is 0 Å². The molecule has 1 aliphatic heterocycles. The molecule has 0 amide bonds. The maximum atomic E-state index is 5.51. The number of unbranched alkanes of at least 4 members (excludes halogenated alkanes) is 7. The molecular weight excluding hydrogens is 198 g/mol. The second-order valence-corrected chi connectivity index (χ2v) is 4.93. The third-order valence-electron chi connectivity index (χ3n) is 3.33. The van der Waals surface area contributed by atoms with E-state index in [2.05, 4.69) is 12.2 Å². The molecule has 1 aliphatic rings. The summed E-state index contributed by atoms with van der Waals surface area (Å²) in [6.07, 6.45) is 14.0. The van der Waals surface area contributed by atoms with Crippen molar-refractivity contribution < 1.29 is 4.74 Å². The highest BCUT2D eigenvalue weighted by Gasteiger charge is 2.13. The largest absolute Gasteiger partial charge is 0.363 e. The topological polar surface area (TPSA) is 21.3 Å². The predicted octanol–water partition coefficient (Wildman–Crippen LogP) is 3.85. The molecule has 2 nitrogen and oxygen atoms in total. The van der Waals surface area contributed by atoms with Crippen LogP contribution < -0.4 is 5.32 Å². The Morgan fingerprint density at radius 3 is 2.31 bits per heavy atom. The zero-order valence-corrected chi connectivity index (χ0v) is 11.0. The van der Waals surface area contributed by atoms with E-state index >= 15 is 0 Å². The first-order chi connectivity index (χ1) is 7.93. The number of hydrogen-bond donors (Lipinski definition) is 1. The van der Waals surface area contributed by atoms with Gasteiger partial charge in [-0.3, -0.25) is 5.32 Å². The van der Waals surface area contributed by atoms with E-state index < -0.39 is 0 Å². The monoisotopic (exact) mass is 227 g/mol. The van der Waals surface area contributed by atoms with E-state index in [9.17, 15) is 0 Å². The van der Waals surface area contributed by atoms with Crippen LogP contribution in [0.1, 0.15) is 71.1 Å². The Labute approximate surface area is 101 Å². The summed E-state index contributed by atoms with van der Waals surface area (Å²) in [6.45, 7) is 4.37. The van der Waals surface area contributed by atoms with Gasteiger partial charge in [-0.1, -0.05) is 51.9 Å². The second-order valence-electron chi connectivity index (χ2n) is 4.93. The summed E-state index contributed by atoms with van der Waals surface area (Å²) in [7, 11) is 0.